The Bertz CT molecular complexity index is 590. The Labute approximate surface area is 119 Å². The first-order valence-corrected chi connectivity index (χ1v) is 6.65. The van der Waals surface area contributed by atoms with Crippen LogP contribution in [0.15, 0.2) is 48.5 Å². The van der Waals surface area contributed by atoms with Crippen molar-refractivity contribution in [1.82, 2.24) is 5.32 Å². The van der Waals surface area contributed by atoms with Crippen molar-refractivity contribution in [3.63, 3.8) is 0 Å². The first-order chi connectivity index (χ1) is 9.58. The Balaban J connectivity index is 2.13. The highest BCUT2D eigenvalue weighted by Gasteiger charge is 2.12. The van der Waals surface area contributed by atoms with Gasteiger partial charge >= 0.3 is 0 Å². The van der Waals surface area contributed by atoms with Crippen molar-refractivity contribution in [2.24, 2.45) is 0 Å². The molecule has 1 amide bonds. The van der Waals surface area contributed by atoms with Gasteiger partial charge in [0.05, 0.1) is 0 Å². The second-order valence-electron chi connectivity index (χ2n) is 4.91. The van der Waals surface area contributed by atoms with Crippen LogP contribution in [0, 0.1) is 6.92 Å². The van der Waals surface area contributed by atoms with E-state index in [9.17, 15) is 9.90 Å². The van der Waals surface area contributed by atoms with Crippen LogP contribution in [-0.2, 0) is 11.3 Å². The summed E-state index contributed by atoms with van der Waals surface area (Å²) in [6.07, 6.45) is -0.619. The van der Waals surface area contributed by atoms with Crippen LogP contribution < -0.4 is 5.32 Å². The Kier molecular flexibility index (Phi) is 4.53. The molecule has 0 saturated carbocycles. The van der Waals surface area contributed by atoms with Crippen molar-refractivity contribution in [3.8, 4) is 0 Å². The smallest absolute Gasteiger partial charge is 0.217 e. The maximum atomic E-state index is 10.9. The average molecular weight is 269 g/mol. The van der Waals surface area contributed by atoms with E-state index in [0.29, 0.717) is 6.54 Å². The van der Waals surface area contributed by atoms with Crippen molar-refractivity contribution in [3.05, 3.63) is 70.8 Å². The van der Waals surface area contributed by atoms with Gasteiger partial charge in [-0.25, -0.2) is 0 Å². The summed E-state index contributed by atoms with van der Waals surface area (Å²) in [6.45, 7) is 4.00. The molecule has 0 bridgehead atoms. The van der Waals surface area contributed by atoms with E-state index in [4.69, 9.17) is 0 Å². The van der Waals surface area contributed by atoms with Crippen molar-refractivity contribution in [2.45, 2.75) is 26.5 Å². The van der Waals surface area contributed by atoms with Gasteiger partial charge in [0.25, 0.3) is 0 Å². The lowest BCUT2D eigenvalue weighted by Gasteiger charge is -2.14. The van der Waals surface area contributed by atoms with E-state index in [1.807, 2.05) is 55.5 Å². The number of amides is 1. The van der Waals surface area contributed by atoms with Crippen molar-refractivity contribution < 1.29 is 9.90 Å². The molecule has 104 valence electrons. The predicted octanol–water partition coefficient (Wildman–Crippen LogP) is 2.71. The molecule has 0 aliphatic rings. The van der Waals surface area contributed by atoms with Crippen LogP contribution in [0.4, 0.5) is 0 Å². The quantitative estimate of drug-likeness (QED) is 0.896. The topological polar surface area (TPSA) is 49.3 Å². The summed E-state index contributed by atoms with van der Waals surface area (Å²) < 4.78 is 0. The van der Waals surface area contributed by atoms with Crippen LogP contribution in [-0.4, -0.2) is 11.0 Å². The van der Waals surface area contributed by atoms with Gasteiger partial charge in [0.2, 0.25) is 5.91 Å². The van der Waals surface area contributed by atoms with Crippen LogP contribution in [0.1, 0.15) is 35.3 Å². The number of aryl methyl sites for hydroxylation is 1. The number of carbonyl (C=O) groups excluding carboxylic acids is 1. The third-order valence-corrected chi connectivity index (χ3v) is 3.32. The van der Waals surface area contributed by atoms with E-state index >= 15 is 0 Å². The van der Waals surface area contributed by atoms with E-state index in [1.165, 1.54) is 6.92 Å². The van der Waals surface area contributed by atoms with Crippen LogP contribution in [0.3, 0.4) is 0 Å². The summed E-state index contributed by atoms with van der Waals surface area (Å²) in [5.74, 6) is -0.0472. The van der Waals surface area contributed by atoms with Gasteiger partial charge in [0.15, 0.2) is 0 Å². The molecule has 20 heavy (non-hydrogen) atoms. The fourth-order valence-electron chi connectivity index (χ4n) is 2.12. The minimum atomic E-state index is -0.619. The molecule has 0 aromatic heterocycles. The Morgan fingerprint density at radius 2 is 1.80 bits per heavy atom. The predicted molar refractivity (Wildman–Crippen MR) is 79.2 cm³/mol. The molecule has 0 heterocycles. The highest BCUT2D eigenvalue weighted by Crippen LogP contribution is 2.24. The van der Waals surface area contributed by atoms with E-state index in [-0.39, 0.29) is 5.91 Å². The normalized spacial score (nSPS) is 11.9. The number of aliphatic hydroxyl groups is 1. The zero-order valence-electron chi connectivity index (χ0n) is 11.8. The lowest BCUT2D eigenvalue weighted by molar-refractivity contribution is -0.119. The molecule has 0 aliphatic heterocycles. The lowest BCUT2D eigenvalue weighted by atomic mass is 9.97. The van der Waals surface area contributed by atoms with Gasteiger partial charge in [-0.1, -0.05) is 48.5 Å². The number of carbonyl (C=O) groups is 1. The molecule has 0 radical (unpaired) electrons. The molecule has 2 rings (SSSR count). The second kappa shape index (κ2) is 6.35. The van der Waals surface area contributed by atoms with Crippen molar-refractivity contribution in [1.29, 1.82) is 0 Å². The average Bonchev–Trinajstić information content (AvgIpc) is 2.45. The molecule has 1 atom stereocenters. The van der Waals surface area contributed by atoms with E-state index in [2.05, 4.69) is 5.32 Å². The summed E-state index contributed by atoms with van der Waals surface area (Å²) in [5, 5.41) is 13.2. The van der Waals surface area contributed by atoms with Gasteiger partial charge in [-0.3, -0.25) is 4.79 Å². The number of aliphatic hydroxyl groups excluding tert-OH is 1. The largest absolute Gasteiger partial charge is 0.384 e. The fourth-order valence-corrected chi connectivity index (χ4v) is 2.12. The monoisotopic (exact) mass is 269 g/mol. The zero-order valence-corrected chi connectivity index (χ0v) is 11.8. The van der Waals surface area contributed by atoms with Gasteiger partial charge in [0.1, 0.15) is 6.10 Å². The molecule has 0 aliphatic carbocycles. The molecule has 0 fully saturated rings. The van der Waals surface area contributed by atoms with Crippen LogP contribution in [0.2, 0.25) is 0 Å². The number of benzene rings is 2. The Hall–Kier alpha value is -2.13. The summed E-state index contributed by atoms with van der Waals surface area (Å²) in [5.41, 5.74) is 3.86. The standard InChI is InChI=1S/C17H19NO2/c1-12-5-3-4-6-16(12)17(20)15-9-7-14(8-10-15)11-18-13(2)19/h3-10,17,20H,11H2,1-2H3,(H,18,19). The molecule has 2 aromatic carbocycles. The summed E-state index contributed by atoms with van der Waals surface area (Å²) in [6, 6.07) is 15.5. The molecular weight excluding hydrogens is 250 g/mol. The van der Waals surface area contributed by atoms with E-state index in [1.54, 1.807) is 0 Å². The maximum absolute atomic E-state index is 10.9. The molecule has 2 aromatic rings. The molecule has 0 saturated heterocycles. The summed E-state index contributed by atoms with van der Waals surface area (Å²) in [4.78, 5) is 10.9. The number of hydrogen-bond donors (Lipinski definition) is 2. The van der Waals surface area contributed by atoms with Gasteiger partial charge < -0.3 is 10.4 Å². The molecule has 3 heteroatoms. The van der Waals surface area contributed by atoms with Crippen molar-refractivity contribution >= 4 is 5.91 Å². The minimum absolute atomic E-state index is 0.0472. The minimum Gasteiger partial charge on any atom is -0.384 e. The second-order valence-corrected chi connectivity index (χ2v) is 4.91. The highest BCUT2D eigenvalue weighted by molar-refractivity contribution is 5.72. The number of hydrogen-bond acceptors (Lipinski definition) is 2. The molecule has 1 unspecified atom stereocenters. The van der Waals surface area contributed by atoms with E-state index in [0.717, 1.165) is 22.3 Å². The van der Waals surface area contributed by atoms with Gasteiger partial charge in [-0.2, -0.15) is 0 Å². The third kappa shape index (κ3) is 3.45. The van der Waals surface area contributed by atoms with Gasteiger partial charge in [-0.05, 0) is 29.2 Å². The first kappa shape index (κ1) is 14.3. The number of nitrogens with one attached hydrogen (secondary N) is 1. The molecule has 0 spiro atoms. The molecule has 3 nitrogen and oxygen atoms in total. The summed E-state index contributed by atoms with van der Waals surface area (Å²) in [7, 11) is 0. The number of rotatable bonds is 4. The van der Waals surface area contributed by atoms with Crippen LogP contribution in [0.5, 0.6) is 0 Å². The molecule has 2 N–H and O–H groups in total. The first-order valence-electron chi connectivity index (χ1n) is 6.65. The maximum Gasteiger partial charge on any atom is 0.217 e. The Morgan fingerprint density at radius 1 is 1.15 bits per heavy atom. The summed E-state index contributed by atoms with van der Waals surface area (Å²) >= 11 is 0. The van der Waals surface area contributed by atoms with Crippen LogP contribution >= 0.6 is 0 Å². The third-order valence-electron chi connectivity index (χ3n) is 3.32. The Morgan fingerprint density at radius 3 is 2.40 bits per heavy atom. The van der Waals surface area contributed by atoms with Gasteiger partial charge in [0, 0.05) is 13.5 Å². The fraction of sp³-hybridized carbons (Fsp3) is 0.235. The van der Waals surface area contributed by atoms with Crippen molar-refractivity contribution in [2.75, 3.05) is 0 Å². The van der Waals surface area contributed by atoms with Gasteiger partial charge in [-0.15, -0.1) is 0 Å². The molecular formula is C17H19NO2. The van der Waals surface area contributed by atoms with E-state index < -0.39 is 6.10 Å². The van der Waals surface area contributed by atoms with Crippen LogP contribution in [0.25, 0.3) is 0 Å². The SMILES string of the molecule is CC(=O)NCc1ccc(C(O)c2ccccc2C)cc1. The zero-order chi connectivity index (χ0) is 14.5. The lowest BCUT2D eigenvalue weighted by Crippen LogP contribution is -2.18. The highest BCUT2D eigenvalue weighted by atomic mass is 16.3.